The molecule has 3 aromatic carbocycles. The second-order valence-corrected chi connectivity index (χ2v) is 5.01. The number of fused-ring (bicyclic) bond motifs is 1. The van der Waals surface area contributed by atoms with Crippen LogP contribution in [0.2, 0.25) is 0 Å². The van der Waals surface area contributed by atoms with Gasteiger partial charge in [-0.3, -0.25) is 0 Å². The lowest BCUT2D eigenvalue weighted by molar-refractivity contribution is 1.38. The summed E-state index contributed by atoms with van der Waals surface area (Å²) in [5.74, 6) is 0. The third-order valence-corrected chi connectivity index (χ3v) is 3.42. The molecule has 0 atom stereocenters. The molecule has 0 unspecified atom stereocenters. The first-order valence-corrected chi connectivity index (χ1v) is 6.55. The van der Waals surface area contributed by atoms with E-state index in [1.165, 1.54) is 27.6 Å². The second kappa shape index (κ2) is 4.77. The van der Waals surface area contributed by atoms with Crippen molar-refractivity contribution >= 4 is 22.1 Å². The first kappa shape index (κ1) is 11.8. The van der Waals surface area contributed by atoms with Gasteiger partial charge in [0.2, 0.25) is 0 Å². The van der Waals surface area contributed by atoms with Gasteiger partial charge < -0.3 is 5.32 Å². The van der Waals surface area contributed by atoms with E-state index >= 15 is 0 Å². The molecular formula is C18H17N. The lowest BCUT2D eigenvalue weighted by Gasteiger charge is -2.11. The van der Waals surface area contributed by atoms with Crippen molar-refractivity contribution in [2.45, 2.75) is 13.8 Å². The topological polar surface area (TPSA) is 12.0 Å². The highest BCUT2D eigenvalue weighted by molar-refractivity contribution is 5.86. The van der Waals surface area contributed by atoms with Crippen molar-refractivity contribution in [3.63, 3.8) is 0 Å². The fraction of sp³-hybridized carbons (Fsp3) is 0.111. The van der Waals surface area contributed by atoms with Crippen molar-refractivity contribution in [2.75, 3.05) is 5.32 Å². The molecule has 0 aliphatic rings. The molecular weight excluding hydrogens is 230 g/mol. The highest BCUT2D eigenvalue weighted by Crippen LogP contribution is 2.24. The normalized spacial score (nSPS) is 10.6. The van der Waals surface area contributed by atoms with Crippen molar-refractivity contribution < 1.29 is 0 Å². The third-order valence-electron chi connectivity index (χ3n) is 3.42. The van der Waals surface area contributed by atoms with E-state index in [9.17, 15) is 0 Å². The van der Waals surface area contributed by atoms with E-state index < -0.39 is 0 Å². The van der Waals surface area contributed by atoms with Crippen LogP contribution in [0, 0.1) is 13.8 Å². The number of rotatable bonds is 2. The Morgan fingerprint density at radius 2 is 1.53 bits per heavy atom. The summed E-state index contributed by atoms with van der Waals surface area (Å²) in [5.41, 5.74) is 4.84. The van der Waals surface area contributed by atoms with Crippen LogP contribution in [0.5, 0.6) is 0 Å². The standard InChI is InChI=1S/C18H17N/c1-13-7-8-14(2)18(11-13)19-17-10-9-15-5-3-4-6-16(15)12-17/h3-12,19H,1-2H3. The Kier molecular flexibility index (Phi) is 2.96. The monoisotopic (exact) mass is 247 g/mol. The average Bonchev–Trinajstić information content (AvgIpc) is 2.43. The fourth-order valence-corrected chi connectivity index (χ4v) is 2.29. The van der Waals surface area contributed by atoms with Crippen LogP contribution in [0.25, 0.3) is 10.8 Å². The zero-order chi connectivity index (χ0) is 13.2. The molecule has 0 amide bonds. The Labute approximate surface area is 113 Å². The summed E-state index contributed by atoms with van der Waals surface area (Å²) in [6, 6.07) is 21.4. The summed E-state index contributed by atoms with van der Waals surface area (Å²) in [6.45, 7) is 4.24. The molecule has 1 heteroatoms. The smallest absolute Gasteiger partial charge is 0.0416 e. The molecule has 0 saturated heterocycles. The van der Waals surface area contributed by atoms with Gasteiger partial charge in [-0.2, -0.15) is 0 Å². The minimum Gasteiger partial charge on any atom is -0.355 e. The van der Waals surface area contributed by atoms with Gasteiger partial charge in [-0.25, -0.2) is 0 Å². The Morgan fingerprint density at radius 1 is 0.737 bits per heavy atom. The van der Waals surface area contributed by atoms with Crippen molar-refractivity contribution in [3.05, 3.63) is 71.8 Å². The molecule has 0 saturated carbocycles. The van der Waals surface area contributed by atoms with Gasteiger partial charge in [0.25, 0.3) is 0 Å². The van der Waals surface area contributed by atoms with Crippen LogP contribution >= 0.6 is 0 Å². The number of anilines is 2. The molecule has 19 heavy (non-hydrogen) atoms. The van der Waals surface area contributed by atoms with Gasteiger partial charge >= 0.3 is 0 Å². The van der Waals surface area contributed by atoms with E-state index in [2.05, 4.69) is 79.8 Å². The molecule has 0 bridgehead atoms. The van der Waals surface area contributed by atoms with Crippen molar-refractivity contribution in [1.82, 2.24) is 0 Å². The van der Waals surface area contributed by atoms with Gasteiger partial charge in [0, 0.05) is 11.4 Å². The van der Waals surface area contributed by atoms with Gasteiger partial charge in [0.05, 0.1) is 0 Å². The minimum atomic E-state index is 1.13. The highest BCUT2D eigenvalue weighted by atomic mass is 14.9. The van der Waals surface area contributed by atoms with Gasteiger partial charge in [0.1, 0.15) is 0 Å². The summed E-state index contributed by atoms with van der Waals surface area (Å²) >= 11 is 0. The molecule has 1 nitrogen and oxygen atoms in total. The van der Waals surface area contributed by atoms with Crippen LogP contribution in [-0.4, -0.2) is 0 Å². The maximum absolute atomic E-state index is 3.51. The molecule has 0 spiro atoms. The van der Waals surface area contributed by atoms with Crippen molar-refractivity contribution in [1.29, 1.82) is 0 Å². The van der Waals surface area contributed by atoms with Gasteiger partial charge in [-0.15, -0.1) is 0 Å². The van der Waals surface area contributed by atoms with Crippen molar-refractivity contribution in [2.24, 2.45) is 0 Å². The summed E-state index contributed by atoms with van der Waals surface area (Å²) in [6.07, 6.45) is 0. The summed E-state index contributed by atoms with van der Waals surface area (Å²) in [4.78, 5) is 0. The first-order chi connectivity index (χ1) is 9.22. The lowest BCUT2D eigenvalue weighted by Crippen LogP contribution is -1.93. The number of nitrogens with one attached hydrogen (secondary N) is 1. The van der Waals surface area contributed by atoms with Crippen LogP contribution in [-0.2, 0) is 0 Å². The second-order valence-electron chi connectivity index (χ2n) is 5.01. The Balaban J connectivity index is 1.98. The maximum Gasteiger partial charge on any atom is 0.0416 e. The zero-order valence-corrected chi connectivity index (χ0v) is 11.3. The zero-order valence-electron chi connectivity index (χ0n) is 11.3. The van der Waals surface area contributed by atoms with E-state index in [1.807, 2.05) is 0 Å². The maximum atomic E-state index is 3.51. The van der Waals surface area contributed by atoms with E-state index in [0.717, 1.165) is 5.69 Å². The largest absolute Gasteiger partial charge is 0.355 e. The third kappa shape index (κ3) is 2.45. The van der Waals surface area contributed by atoms with E-state index in [4.69, 9.17) is 0 Å². The number of hydrogen-bond donors (Lipinski definition) is 1. The van der Waals surface area contributed by atoms with Crippen LogP contribution in [0.4, 0.5) is 11.4 Å². The number of aryl methyl sites for hydroxylation is 2. The van der Waals surface area contributed by atoms with Crippen molar-refractivity contribution in [3.8, 4) is 0 Å². The predicted octanol–water partition coefficient (Wildman–Crippen LogP) is 5.20. The number of hydrogen-bond acceptors (Lipinski definition) is 1. The molecule has 0 aromatic heterocycles. The highest BCUT2D eigenvalue weighted by Gasteiger charge is 2.00. The molecule has 94 valence electrons. The average molecular weight is 247 g/mol. The van der Waals surface area contributed by atoms with Gasteiger partial charge in [0.15, 0.2) is 0 Å². The summed E-state index contributed by atoms with van der Waals surface area (Å²) in [5, 5.41) is 6.04. The van der Waals surface area contributed by atoms with Crippen LogP contribution in [0.3, 0.4) is 0 Å². The molecule has 3 aromatic rings. The first-order valence-electron chi connectivity index (χ1n) is 6.55. The molecule has 1 N–H and O–H groups in total. The fourth-order valence-electron chi connectivity index (χ4n) is 2.29. The van der Waals surface area contributed by atoms with E-state index in [-0.39, 0.29) is 0 Å². The summed E-state index contributed by atoms with van der Waals surface area (Å²) in [7, 11) is 0. The molecule has 0 aliphatic carbocycles. The van der Waals surface area contributed by atoms with E-state index in [1.54, 1.807) is 0 Å². The predicted molar refractivity (Wildman–Crippen MR) is 83.1 cm³/mol. The van der Waals surface area contributed by atoms with Crippen LogP contribution < -0.4 is 5.32 Å². The Bertz CT molecular complexity index is 729. The van der Waals surface area contributed by atoms with Crippen LogP contribution in [0.1, 0.15) is 11.1 Å². The number of benzene rings is 3. The van der Waals surface area contributed by atoms with Gasteiger partial charge in [-0.05, 0) is 53.9 Å². The Hall–Kier alpha value is -2.28. The summed E-state index contributed by atoms with van der Waals surface area (Å²) < 4.78 is 0. The quantitative estimate of drug-likeness (QED) is 0.656. The molecule has 0 aliphatic heterocycles. The van der Waals surface area contributed by atoms with Crippen LogP contribution in [0.15, 0.2) is 60.7 Å². The lowest BCUT2D eigenvalue weighted by atomic mass is 10.1. The molecule has 3 rings (SSSR count). The molecule has 0 fully saturated rings. The SMILES string of the molecule is Cc1ccc(C)c(Nc2ccc3ccccc3c2)c1. The molecule has 0 heterocycles. The Morgan fingerprint density at radius 3 is 2.37 bits per heavy atom. The molecule has 0 radical (unpaired) electrons. The van der Waals surface area contributed by atoms with Gasteiger partial charge in [-0.1, -0.05) is 42.5 Å². The van der Waals surface area contributed by atoms with E-state index in [0.29, 0.717) is 0 Å². The minimum absolute atomic E-state index is 1.13.